The van der Waals surface area contributed by atoms with Crippen LogP contribution < -0.4 is 0 Å². The third kappa shape index (κ3) is 3.93. The van der Waals surface area contributed by atoms with Gasteiger partial charge in [-0.25, -0.2) is 15.0 Å². The zero-order valence-electron chi connectivity index (χ0n) is 22.6. The fourth-order valence-corrected chi connectivity index (χ4v) is 5.84. The molecular formula is C29H14N12O3S. The Morgan fingerprint density at radius 2 is 1.60 bits per heavy atom. The topological polar surface area (TPSA) is 197 Å². The number of oxazole rings is 1. The van der Waals surface area contributed by atoms with Crippen molar-refractivity contribution in [2.24, 2.45) is 0 Å². The molecule has 9 aromatic rings. The molecule has 0 aliphatic heterocycles. The molecule has 214 valence electrons. The molecule has 16 heteroatoms. The number of hydrogen-bond acceptors (Lipinski definition) is 15. The first-order chi connectivity index (χ1) is 22.3. The fraction of sp³-hybridized carbons (Fsp3) is 0. The van der Waals surface area contributed by atoms with E-state index in [2.05, 4.69) is 50.5 Å². The third-order valence-electron chi connectivity index (χ3n) is 7.20. The highest BCUT2D eigenvalue weighted by molar-refractivity contribution is 7.03. The Morgan fingerprint density at radius 3 is 2.36 bits per heavy atom. The maximum Gasteiger partial charge on any atom is 0.227 e. The van der Waals surface area contributed by atoms with Gasteiger partial charge in [0.2, 0.25) is 5.89 Å². The molecule has 0 aliphatic rings. The number of rotatable bonds is 6. The summed E-state index contributed by atoms with van der Waals surface area (Å²) in [6, 6.07) is 13.1. The van der Waals surface area contributed by atoms with Crippen LogP contribution in [0.1, 0.15) is 0 Å². The van der Waals surface area contributed by atoms with E-state index in [9.17, 15) is 0 Å². The summed E-state index contributed by atoms with van der Waals surface area (Å²) >= 11 is 1.19. The van der Waals surface area contributed by atoms with Gasteiger partial charge >= 0.3 is 0 Å². The molecule has 7 aromatic heterocycles. The molecule has 0 radical (unpaired) electrons. The second kappa shape index (κ2) is 10.0. The first-order valence-corrected chi connectivity index (χ1v) is 14.2. The van der Waals surface area contributed by atoms with Gasteiger partial charge in [0.05, 0.1) is 17.3 Å². The Labute approximate surface area is 254 Å². The fourth-order valence-electron chi connectivity index (χ4n) is 5.39. The van der Waals surface area contributed by atoms with Crippen molar-refractivity contribution in [3.63, 3.8) is 0 Å². The normalized spacial score (nSPS) is 11.6. The minimum Gasteiger partial charge on any atom is -0.444 e. The highest BCUT2D eigenvalue weighted by Gasteiger charge is 2.32. The molecule has 0 amide bonds. The smallest absolute Gasteiger partial charge is 0.227 e. The number of aromatic nitrogens is 12. The molecule has 15 nitrogen and oxygen atoms in total. The van der Waals surface area contributed by atoms with Gasteiger partial charge in [0.25, 0.3) is 0 Å². The molecule has 0 aliphatic carbocycles. The lowest BCUT2D eigenvalue weighted by Gasteiger charge is -2.18. The molecule has 9 rings (SSSR count). The molecule has 0 unspecified atom stereocenters. The molecule has 0 bridgehead atoms. The molecule has 45 heavy (non-hydrogen) atoms. The van der Waals surface area contributed by atoms with Crippen LogP contribution in [0.15, 0.2) is 92.5 Å². The van der Waals surface area contributed by atoms with Crippen molar-refractivity contribution in [2.75, 3.05) is 0 Å². The molecule has 0 saturated heterocycles. The van der Waals surface area contributed by atoms with Gasteiger partial charge < -0.3 is 13.5 Å². The average molecular weight is 611 g/mol. The van der Waals surface area contributed by atoms with Crippen LogP contribution >= 0.6 is 11.5 Å². The van der Waals surface area contributed by atoms with Crippen LogP contribution in [-0.2, 0) is 0 Å². The van der Waals surface area contributed by atoms with E-state index in [1.54, 1.807) is 24.5 Å². The Balaban J connectivity index is 1.53. The van der Waals surface area contributed by atoms with Gasteiger partial charge in [0, 0.05) is 45.0 Å². The van der Waals surface area contributed by atoms with Gasteiger partial charge in [0.15, 0.2) is 6.26 Å². The Kier molecular flexibility index (Phi) is 5.57. The number of nitrogens with one attached hydrogen (secondary N) is 1. The lowest BCUT2D eigenvalue weighted by Crippen LogP contribution is -2.04. The van der Waals surface area contributed by atoms with E-state index in [-0.39, 0.29) is 5.89 Å². The molecule has 7 heterocycles. The zero-order valence-corrected chi connectivity index (χ0v) is 23.4. The van der Waals surface area contributed by atoms with Crippen molar-refractivity contribution in [1.29, 1.82) is 0 Å². The summed E-state index contributed by atoms with van der Waals surface area (Å²) in [6.45, 7) is 0. The summed E-state index contributed by atoms with van der Waals surface area (Å²) in [5.41, 5.74) is 7.11. The Hall–Kier alpha value is -6.55. The molecule has 0 saturated carbocycles. The van der Waals surface area contributed by atoms with Crippen LogP contribution in [0.4, 0.5) is 0 Å². The quantitative estimate of drug-likeness (QED) is 0.247. The highest BCUT2D eigenvalue weighted by atomic mass is 32.1. The number of para-hydroxylation sites is 1. The van der Waals surface area contributed by atoms with E-state index >= 15 is 0 Å². The lowest BCUT2D eigenvalue weighted by atomic mass is 9.88. The van der Waals surface area contributed by atoms with Crippen molar-refractivity contribution in [1.82, 2.24) is 60.5 Å². The zero-order chi connectivity index (χ0) is 29.7. The number of aromatic amines is 1. The van der Waals surface area contributed by atoms with E-state index in [4.69, 9.17) is 23.4 Å². The van der Waals surface area contributed by atoms with Crippen LogP contribution in [0.5, 0.6) is 0 Å². The summed E-state index contributed by atoms with van der Waals surface area (Å²) in [4.78, 5) is 15.1. The van der Waals surface area contributed by atoms with E-state index in [0.29, 0.717) is 73.1 Å². The maximum atomic E-state index is 5.91. The molecule has 0 spiro atoms. The average Bonchev–Trinajstić information content (AvgIpc) is 3.93. The summed E-state index contributed by atoms with van der Waals surface area (Å²) < 4.78 is 20.6. The second-order valence-corrected chi connectivity index (χ2v) is 10.3. The van der Waals surface area contributed by atoms with Crippen LogP contribution in [0, 0.1) is 0 Å². The van der Waals surface area contributed by atoms with E-state index < -0.39 is 0 Å². The van der Waals surface area contributed by atoms with E-state index in [1.807, 2.05) is 35.7 Å². The van der Waals surface area contributed by atoms with Gasteiger partial charge in [-0.05, 0) is 29.7 Å². The van der Waals surface area contributed by atoms with Crippen molar-refractivity contribution in [2.45, 2.75) is 0 Å². The minimum atomic E-state index is 0.272. The van der Waals surface area contributed by atoms with Crippen molar-refractivity contribution >= 4 is 33.5 Å². The van der Waals surface area contributed by atoms with Gasteiger partial charge in [0.1, 0.15) is 63.4 Å². The van der Waals surface area contributed by atoms with Gasteiger partial charge in [-0.2, -0.15) is 10.2 Å². The lowest BCUT2D eigenvalue weighted by molar-refractivity contribution is 0.393. The number of benzene rings is 2. The summed E-state index contributed by atoms with van der Waals surface area (Å²) in [5.74, 6) is 0.272. The largest absolute Gasteiger partial charge is 0.444 e. The van der Waals surface area contributed by atoms with Gasteiger partial charge in [-0.15, -0.1) is 15.3 Å². The first kappa shape index (κ1) is 25.0. The van der Waals surface area contributed by atoms with E-state index in [1.165, 1.54) is 30.3 Å². The predicted molar refractivity (Wildman–Crippen MR) is 159 cm³/mol. The summed E-state index contributed by atoms with van der Waals surface area (Å²) in [5, 5.41) is 35.7. The molecule has 0 fully saturated rings. The number of nitrogens with zero attached hydrogens (tertiary/aromatic N) is 11. The number of H-pyrrole nitrogens is 1. The Morgan fingerprint density at radius 1 is 0.689 bits per heavy atom. The predicted octanol–water partition coefficient (Wildman–Crippen LogP) is 5.51. The SMILES string of the molecule is c1cnnc(-c2nc3c(-c4ccon4)c(-c4conn4)c(-c4ncco4)c(-c4csnn4)c3nc2-c2n[nH]c3ccccc23)c1. The van der Waals surface area contributed by atoms with Crippen molar-refractivity contribution in [3.05, 3.63) is 79.0 Å². The molecule has 0 atom stereocenters. The monoisotopic (exact) mass is 610 g/mol. The van der Waals surface area contributed by atoms with Crippen molar-refractivity contribution < 1.29 is 13.5 Å². The summed E-state index contributed by atoms with van der Waals surface area (Å²) in [7, 11) is 0. The standard InChI is InChI=1S/C29H14N12O3S/c1-2-5-15-14(4-1)24(38-35-15)28-25(17-6-3-8-31-34-17)32-26-21(16-7-10-43-39-16)20(18-12-44-40-36-18)23(29-30-9-11-42-29)22(27(26)33-28)19-13-45-41-37-19/h1-13H,(H,35,38). The number of fused-ring (bicyclic) bond motifs is 2. The van der Waals surface area contributed by atoms with Gasteiger partial charge in [-0.3, -0.25) is 5.10 Å². The van der Waals surface area contributed by atoms with Crippen molar-refractivity contribution in [3.8, 4) is 68.0 Å². The first-order valence-electron chi connectivity index (χ1n) is 13.3. The maximum absolute atomic E-state index is 5.91. The van der Waals surface area contributed by atoms with Crippen LogP contribution in [0.2, 0.25) is 0 Å². The second-order valence-electron chi connectivity index (χ2n) is 9.65. The van der Waals surface area contributed by atoms with Crippen LogP contribution in [0.3, 0.4) is 0 Å². The van der Waals surface area contributed by atoms with Gasteiger partial charge in [-0.1, -0.05) is 27.8 Å². The highest BCUT2D eigenvalue weighted by Crippen LogP contribution is 2.49. The minimum absolute atomic E-state index is 0.272. The summed E-state index contributed by atoms with van der Waals surface area (Å²) in [6.07, 6.45) is 7.51. The van der Waals surface area contributed by atoms with Crippen LogP contribution in [-0.4, -0.2) is 60.5 Å². The van der Waals surface area contributed by atoms with Crippen LogP contribution in [0.25, 0.3) is 89.9 Å². The third-order valence-corrected chi connectivity index (χ3v) is 7.71. The Bertz CT molecular complexity index is 2420. The number of hydrogen-bond donors (Lipinski definition) is 1. The molecular weight excluding hydrogens is 596 g/mol. The molecule has 1 N–H and O–H groups in total. The van der Waals surface area contributed by atoms with E-state index in [0.717, 1.165) is 10.9 Å². The molecule has 2 aromatic carbocycles.